The monoisotopic (exact) mass is 232 g/mol. The number of rotatable bonds is 1. The summed E-state index contributed by atoms with van der Waals surface area (Å²) in [6.45, 7) is 4.09. The molecule has 3 nitrogen and oxygen atoms in total. The van der Waals surface area contributed by atoms with E-state index in [0.717, 1.165) is 11.3 Å². The molecule has 2 rings (SSSR count). The highest BCUT2D eigenvalue weighted by Crippen LogP contribution is 2.16. The summed E-state index contributed by atoms with van der Waals surface area (Å²) < 4.78 is 2.22. The van der Waals surface area contributed by atoms with E-state index >= 15 is 0 Å². The number of aromatic nitrogens is 2. The average Bonchev–Trinajstić information content (AvgIpc) is 2.23. The molecule has 0 saturated carbocycles. The lowest BCUT2D eigenvalue weighted by Crippen LogP contribution is -2.10. The number of nitrogens with zero attached hydrogens (tertiary/aromatic N) is 1. The van der Waals surface area contributed by atoms with Gasteiger partial charge in [0.25, 0.3) is 5.56 Å². The van der Waals surface area contributed by atoms with Crippen molar-refractivity contribution < 1.29 is 0 Å². The molecule has 0 aliphatic heterocycles. The molecule has 0 amide bonds. The standard InChI is InChI=1S/C12H12N2OS/c1-8-4-3-5-10(9(8)2)14-7-6-11(15)13-12(14)16/h3-7H,1-2H3,(H,13,15,16). The number of nitrogens with one attached hydrogen (secondary N) is 1. The second-order valence-corrected chi connectivity index (χ2v) is 4.09. The molecule has 1 aromatic heterocycles. The minimum Gasteiger partial charge on any atom is -0.299 e. The topological polar surface area (TPSA) is 37.8 Å². The van der Waals surface area contributed by atoms with Crippen LogP contribution in [0.2, 0.25) is 0 Å². The molecule has 0 aliphatic carbocycles. The van der Waals surface area contributed by atoms with Crippen molar-refractivity contribution >= 4 is 12.2 Å². The Labute approximate surface area is 98.4 Å². The van der Waals surface area contributed by atoms with Crippen molar-refractivity contribution in [3.63, 3.8) is 0 Å². The normalized spacial score (nSPS) is 10.4. The summed E-state index contributed by atoms with van der Waals surface area (Å²) in [5.41, 5.74) is 3.18. The zero-order chi connectivity index (χ0) is 11.7. The SMILES string of the molecule is Cc1cccc(-n2ccc(=O)[nH]c2=S)c1C. The van der Waals surface area contributed by atoms with E-state index in [1.165, 1.54) is 11.6 Å². The van der Waals surface area contributed by atoms with Crippen molar-refractivity contribution in [1.29, 1.82) is 0 Å². The highest BCUT2D eigenvalue weighted by atomic mass is 32.1. The van der Waals surface area contributed by atoms with Gasteiger partial charge in [-0.05, 0) is 43.3 Å². The van der Waals surface area contributed by atoms with E-state index in [-0.39, 0.29) is 5.56 Å². The Balaban J connectivity index is 2.73. The molecule has 1 aromatic carbocycles. The van der Waals surface area contributed by atoms with Crippen molar-refractivity contribution in [1.82, 2.24) is 9.55 Å². The van der Waals surface area contributed by atoms with Crippen LogP contribution in [0.4, 0.5) is 0 Å². The summed E-state index contributed by atoms with van der Waals surface area (Å²) in [4.78, 5) is 13.7. The second kappa shape index (κ2) is 4.06. The van der Waals surface area contributed by atoms with Gasteiger partial charge in [-0.25, -0.2) is 0 Å². The summed E-state index contributed by atoms with van der Waals surface area (Å²) in [6.07, 6.45) is 1.70. The van der Waals surface area contributed by atoms with Crippen LogP contribution in [0.5, 0.6) is 0 Å². The molecular formula is C12H12N2OS. The fourth-order valence-electron chi connectivity index (χ4n) is 1.60. The molecule has 0 radical (unpaired) electrons. The first kappa shape index (κ1) is 10.8. The summed E-state index contributed by atoms with van der Waals surface area (Å²) >= 11 is 5.13. The molecule has 0 aliphatic rings. The molecule has 82 valence electrons. The molecular weight excluding hydrogens is 220 g/mol. The maximum atomic E-state index is 11.1. The quantitative estimate of drug-likeness (QED) is 0.767. The lowest BCUT2D eigenvalue weighted by atomic mass is 10.1. The number of benzene rings is 1. The fourth-order valence-corrected chi connectivity index (χ4v) is 1.86. The zero-order valence-corrected chi connectivity index (χ0v) is 9.97. The third-order valence-electron chi connectivity index (χ3n) is 2.66. The van der Waals surface area contributed by atoms with Crippen LogP contribution in [0.15, 0.2) is 35.3 Å². The number of H-pyrrole nitrogens is 1. The van der Waals surface area contributed by atoms with Crippen molar-refractivity contribution in [2.75, 3.05) is 0 Å². The Morgan fingerprint density at radius 1 is 1.25 bits per heavy atom. The van der Waals surface area contributed by atoms with Crippen LogP contribution in [0.1, 0.15) is 11.1 Å². The van der Waals surface area contributed by atoms with Gasteiger partial charge in [0.05, 0.1) is 5.69 Å². The minimum atomic E-state index is -0.174. The van der Waals surface area contributed by atoms with E-state index in [2.05, 4.69) is 4.98 Å². The smallest absolute Gasteiger partial charge is 0.251 e. The molecule has 0 saturated heterocycles. The maximum absolute atomic E-state index is 11.1. The summed E-state index contributed by atoms with van der Waals surface area (Å²) in [5, 5.41) is 0. The molecule has 0 bridgehead atoms. The van der Waals surface area contributed by atoms with Gasteiger partial charge in [0.15, 0.2) is 4.77 Å². The van der Waals surface area contributed by atoms with E-state index in [4.69, 9.17) is 12.2 Å². The fraction of sp³-hybridized carbons (Fsp3) is 0.167. The minimum absolute atomic E-state index is 0.174. The van der Waals surface area contributed by atoms with Crippen molar-refractivity contribution in [3.8, 4) is 5.69 Å². The Morgan fingerprint density at radius 2 is 2.00 bits per heavy atom. The van der Waals surface area contributed by atoms with Crippen LogP contribution in [-0.2, 0) is 0 Å². The predicted octanol–water partition coefficient (Wildman–Crippen LogP) is 2.51. The molecule has 2 aromatic rings. The summed E-state index contributed by atoms with van der Waals surface area (Å²) in [6, 6.07) is 7.48. The van der Waals surface area contributed by atoms with Gasteiger partial charge in [0.2, 0.25) is 0 Å². The maximum Gasteiger partial charge on any atom is 0.251 e. The highest BCUT2D eigenvalue weighted by Gasteiger charge is 2.03. The van der Waals surface area contributed by atoms with E-state index in [1.807, 2.05) is 32.0 Å². The zero-order valence-electron chi connectivity index (χ0n) is 9.15. The van der Waals surface area contributed by atoms with Gasteiger partial charge in [-0.15, -0.1) is 0 Å². The Kier molecular flexibility index (Phi) is 2.75. The number of hydrogen-bond donors (Lipinski definition) is 1. The van der Waals surface area contributed by atoms with Gasteiger partial charge in [-0.2, -0.15) is 0 Å². The lowest BCUT2D eigenvalue weighted by Gasteiger charge is -2.11. The van der Waals surface area contributed by atoms with Gasteiger partial charge >= 0.3 is 0 Å². The van der Waals surface area contributed by atoms with E-state index < -0.39 is 0 Å². The van der Waals surface area contributed by atoms with Crippen molar-refractivity contribution in [2.45, 2.75) is 13.8 Å². The number of aromatic amines is 1. The van der Waals surface area contributed by atoms with Crippen LogP contribution < -0.4 is 5.56 Å². The molecule has 1 heterocycles. The van der Waals surface area contributed by atoms with Gasteiger partial charge in [0.1, 0.15) is 0 Å². The van der Waals surface area contributed by atoms with Gasteiger partial charge in [-0.1, -0.05) is 12.1 Å². The first-order valence-electron chi connectivity index (χ1n) is 4.98. The predicted molar refractivity (Wildman–Crippen MR) is 66.7 cm³/mol. The molecule has 0 fully saturated rings. The lowest BCUT2D eigenvalue weighted by molar-refractivity contribution is 0.927. The third kappa shape index (κ3) is 1.84. The molecule has 0 spiro atoms. The van der Waals surface area contributed by atoms with Crippen LogP contribution in [-0.4, -0.2) is 9.55 Å². The van der Waals surface area contributed by atoms with Gasteiger partial charge in [0, 0.05) is 12.3 Å². The summed E-state index contributed by atoms with van der Waals surface area (Å²) in [7, 11) is 0. The molecule has 0 atom stereocenters. The van der Waals surface area contributed by atoms with Crippen LogP contribution in [0, 0.1) is 18.6 Å². The third-order valence-corrected chi connectivity index (χ3v) is 2.96. The van der Waals surface area contributed by atoms with Crippen molar-refractivity contribution in [2.24, 2.45) is 0 Å². The van der Waals surface area contributed by atoms with Crippen LogP contribution in [0.3, 0.4) is 0 Å². The second-order valence-electron chi connectivity index (χ2n) is 3.70. The van der Waals surface area contributed by atoms with Crippen molar-refractivity contribution in [3.05, 3.63) is 56.7 Å². The van der Waals surface area contributed by atoms with E-state index in [0.29, 0.717) is 4.77 Å². The Bertz CT molecular complexity index is 640. The molecule has 1 N–H and O–H groups in total. The Morgan fingerprint density at radius 3 is 2.69 bits per heavy atom. The van der Waals surface area contributed by atoms with E-state index in [1.54, 1.807) is 10.8 Å². The molecule has 16 heavy (non-hydrogen) atoms. The average molecular weight is 232 g/mol. The first-order valence-corrected chi connectivity index (χ1v) is 5.39. The van der Waals surface area contributed by atoms with Crippen LogP contribution in [0.25, 0.3) is 5.69 Å². The highest BCUT2D eigenvalue weighted by molar-refractivity contribution is 7.71. The molecule has 0 unspecified atom stereocenters. The van der Waals surface area contributed by atoms with Crippen LogP contribution >= 0.6 is 12.2 Å². The first-order chi connectivity index (χ1) is 7.59. The number of hydrogen-bond acceptors (Lipinski definition) is 2. The number of aryl methyl sites for hydroxylation is 1. The molecule has 4 heteroatoms. The largest absolute Gasteiger partial charge is 0.299 e. The Hall–Kier alpha value is -1.68. The van der Waals surface area contributed by atoms with E-state index in [9.17, 15) is 4.79 Å². The van der Waals surface area contributed by atoms with Gasteiger partial charge < -0.3 is 0 Å². The van der Waals surface area contributed by atoms with Gasteiger partial charge in [-0.3, -0.25) is 14.3 Å². The summed E-state index contributed by atoms with van der Waals surface area (Å²) in [5.74, 6) is 0.